The number of quaternary nitrogens is 1. The highest BCUT2D eigenvalue weighted by Gasteiger charge is 2.45. The molecular formula is C35H55N4O8+. The van der Waals surface area contributed by atoms with Crippen LogP contribution in [0.5, 0.6) is 0 Å². The van der Waals surface area contributed by atoms with Crippen molar-refractivity contribution < 1.29 is 43.8 Å². The van der Waals surface area contributed by atoms with Crippen molar-refractivity contribution in [2.45, 2.75) is 83.1 Å². The molecule has 0 unspecified atom stereocenters. The molecule has 12 nitrogen and oxygen atoms in total. The maximum atomic E-state index is 13.2. The fourth-order valence-electron chi connectivity index (χ4n) is 5.21. The van der Waals surface area contributed by atoms with Crippen LogP contribution in [0.1, 0.15) is 76.2 Å². The van der Waals surface area contributed by atoms with Crippen molar-refractivity contribution in [2.75, 3.05) is 59.4 Å². The smallest absolute Gasteiger partial charge is 0.241 e. The van der Waals surface area contributed by atoms with E-state index in [2.05, 4.69) is 21.9 Å². The molecule has 0 heterocycles. The van der Waals surface area contributed by atoms with E-state index in [0.717, 1.165) is 43.4 Å². The number of benzene rings is 1. The number of ketones is 2. The van der Waals surface area contributed by atoms with Crippen LogP contribution in [-0.4, -0.2) is 109 Å². The van der Waals surface area contributed by atoms with Gasteiger partial charge in [0.05, 0.1) is 40.9 Å². The van der Waals surface area contributed by atoms with E-state index in [9.17, 15) is 34.2 Å². The zero-order chi connectivity index (χ0) is 35.3. The van der Waals surface area contributed by atoms with Gasteiger partial charge in [0.1, 0.15) is 12.6 Å². The van der Waals surface area contributed by atoms with Crippen LogP contribution in [0, 0.1) is 17.8 Å². The molecule has 1 rings (SSSR count). The third-order valence-electron chi connectivity index (χ3n) is 8.17. The van der Waals surface area contributed by atoms with E-state index in [1.165, 1.54) is 0 Å². The summed E-state index contributed by atoms with van der Waals surface area (Å²) in [7, 11) is 5.93. The van der Waals surface area contributed by atoms with Crippen molar-refractivity contribution in [2.24, 2.45) is 5.41 Å². The Bertz CT molecular complexity index is 1180. The van der Waals surface area contributed by atoms with Gasteiger partial charge in [-0.2, -0.15) is 0 Å². The minimum Gasteiger partial charge on any atom is -0.395 e. The molecule has 0 aliphatic carbocycles. The van der Waals surface area contributed by atoms with Crippen LogP contribution in [0.2, 0.25) is 0 Å². The zero-order valence-electron chi connectivity index (χ0n) is 28.3. The number of nitrogens with one attached hydrogen (secondary N) is 3. The second kappa shape index (κ2) is 22.0. The Kier molecular flexibility index (Phi) is 19.4. The number of carbonyl (C=O) groups excluding carboxylic acids is 5. The van der Waals surface area contributed by atoms with E-state index in [0.29, 0.717) is 49.4 Å². The lowest BCUT2D eigenvalue weighted by Crippen LogP contribution is -2.56. The maximum Gasteiger partial charge on any atom is 0.241 e. The quantitative estimate of drug-likeness (QED) is 0.0395. The molecule has 0 saturated heterocycles. The molecule has 1 aromatic carbocycles. The van der Waals surface area contributed by atoms with Crippen LogP contribution in [0.4, 0.5) is 5.69 Å². The second-order valence-corrected chi connectivity index (χ2v) is 12.8. The van der Waals surface area contributed by atoms with E-state index in [4.69, 9.17) is 11.5 Å². The van der Waals surface area contributed by atoms with E-state index in [1.807, 2.05) is 45.4 Å². The predicted octanol–water partition coefficient (Wildman–Crippen LogP) is 1.50. The molecule has 0 saturated carbocycles. The van der Waals surface area contributed by atoms with Crippen molar-refractivity contribution in [3.05, 3.63) is 29.8 Å². The number of terminal acetylenes is 1. The minimum absolute atomic E-state index is 0.0598. The fourth-order valence-corrected chi connectivity index (χ4v) is 5.21. The summed E-state index contributed by atoms with van der Waals surface area (Å²) in [4.78, 5) is 61.6. The number of aryl methyl sites for hydroxylation is 1. The largest absolute Gasteiger partial charge is 0.395 e. The average molecular weight is 660 g/mol. The highest BCUT2D eigenvalue weighted by atomic mass is 16.3. The summed E-state index contributed by atoms with van der Waals surface area (Å²) in [6, 6.07) is 7.39. The number of anilines is 1. The Morgan fingerprint density at radius 3 is 2.00 bits per heavy atom. The number of Topliss-reactive ketones (excluding diaryl/α,β-unsaturated/α-hetero) is 2. The molecule has 1 atom stereocenters. The summed E-state index contributed by atoms with van der Waals surface area (Å²) in [6.07, 6.45) is 12.7. The summed E-state index contributed by atoms with van der Waals surface area (Å²) < 4.78 is 0.469. The van der Waals surface area contributed by atoms with Gasteiger partial charge in [-0.05, 0) is 56.2 Å². The van der Waals surface area contributed by atoms with Gasteiger partial charge in [0.25, 0.3) is 0 Å². The van der Waals surface area contributed by atoms with Crippen LogP contribution in [0.15, 0.2) is 24.3 Å². The number of unbranched alkanes of at least 4 members (excludes halogenated alkanes) is 4. The van der Waals surface area contributed by atoms with Gasteiger partial charge in [-0.25, -0.2) is 0 Å². The van der Waals surface area contributed by atoms with Gasteiger partial charge >= 0.3 is 0 Å². The Morgan fingerprint density at radius 2 is 1.43 bits per heavy atom. The summed E-state index contributed by atoms with van der Waals surface area (Å²) in [6.45, 7) is -2.07. The average Bonchev–Trinajstić information content (AvgIpc) is 3.04. The molecule has 1 aromatic rings. The zero-order valence-corrected chi connectivity index (χ0v) is 28.3. The van der Waals surface area contributed by atoms with E-state index >= 15 is 0 Å². The lowest BCUT2D eigenvalue weighted by molar-refractivity contribution is -0.886. The summed E-state index contributed by atoms with van der Waals surface area (Å²) in [5.41, 5.74) is -0.242. The summed E-state index contributed by atoms with van der Waals surface area (Å²) >= 11 is 0. The molecule has 0 aliphatic rings. The lowest BCUT2D eigenvalue weighted by Gasteiger charge is -2.33. The standard InChI is InChI=1S/C35H54N4O8/c1-5-22-36-33(46)35(25-41,26-42)34(47)37-23-11-10-15-30(39(2,3)4)31(44)16-12-13-27-18-20-28(21-19-27)38-32(45)17-9-7-6-8-14-29(43)24-40/h1,18-21,30,40-42H,6-17,22-26H2,2-4H3,(H2-,36,37,38,45,46,47)/p+1/t30-/m0/s1. The summed E-state index contributed by atoms with van der Waals surface area (Å²) in [5, 5.41) is 36.0. The number of aliphatic hydroxyl groups excluding tert-OH is 3. The predicted molar refractivity (Wildman–Crippen MR) is 180 cm³/mol. The van der Waals surface area contributed by atoms with Crippen molar-refractivity contribution in [3.63, 3.8) is 0 Å². The van der Waals surface area contributed by atoms with Gasteiger partial charge in [-0.1, -0.05) is 30.9 Å². The molecular weight excluding hydrogens is 604 g/mol. The van der Waals surface area contributed by atoms with Crippen LogP contribution in [0.25, 0.3) is 0 Å². The molecule has 0 spiro atoms. The first-order valence-electron chi connectivity index (χ1n) is 16.4. The van der Waals surface area contributed by atoms with Gasteiger partial charge in [-0.15, -0.1) is 6.42 Å². The number of rotatable bonds is 25. The normalized spacial score (nSPS) is 12.1. The number of hydrogen-bond acceptors (Lipinski definition) is 8. The number of aliphatic hydroxyl groups is 3. The third kappa shape index (κ3) is 15.2. The highest BCUT2D eigenvalue weighted by molar-refractivity contribution is 6.05. The van der Waals surface area contributed by atoms with Crippen molar-refractivity contribution in [3.8, 4) is 12.3 Å². The number of likely N-dealkylation sites (N-methyl/N-ethyl adjacent to an activating group) is 1. The number of carbonyl (C=O) groups is 5. The van der Waals surface area contributed by atoms with Crippen LogP contribution >= 0.6 is 0 Å². The Morgan fingerprint density at radius 1 is 0.809 bits per heavy atom. The first-order chi connectivity index (χ1) is 22.3. The van der Waals surface area contributed by atoms with Crippen LogP contribution in [0.3, 0.4) is 0 Å². The van der Waals surface area contributed by atoms with Crippen LogP contribution < -0.4 is 16.0 Å². The van der Waals surface area contributed by atoms with Gasteiger partial charge in [0.2, 0.25) is 17.7 Å². The van der Waals surface area contributed by atoms with Gasteiger partial charge in [0, 0.05) is 37.9 Å². The maximum absolute atomic E-state index is 13.2. The molecule has 12 heteroatoms. The van der Waals surface area contributed by atoms with Gasteiger partial charge < -0.3 is 35.8 Å². The first-order valence-corrected chi connectivity index (χ1v) is 16.4. The SMILES string of the molecule is C#CCNC(=O)C(CO)(CO)C(=O)NCCCC[C@@H](C(=O)CCCc1ccc(NC(=O)CCCCCCC(=O)CO)cc1)[N+](C)(C)C. The highest BCUT2D eigenvalue weighted by Crippen LogP contribution is 2.19. The molecule has 0 bridgehead atoms. The number of nitrogens with zero attached hydrogens (tertiary/aromatic N) is 1. The van der Waals surface area contributed by atoms with Gasteiger partial charge in [0.15, 0.2) is 17.0 Å². The van der Waals surface area contributed by atoms with Gasteiger partial charge in [-0.3, -0.25) is 24.0 Å². The molecule has 0 fully saturated rings. The first kappa shape index (κ1) is 41.4. The fraction of sp³-hybridized carbons (Fsp3) is 0.629. The van der Waals surface area contributed by atoms with E-state index in [-0.39, 0.29) is 36.6 Å². The minimum atomic E-state index is -2.03. The molecule has 0 aliphatic heterocycles. The molecule has 3 amide bonds. The van der Waals surface area contributed by atoms with E-state index < -0.39 is 37.0 Å². The lowest BCUT2D eigenvalue weighted by atomic mass is 9.87. The Balaban J connectivity index is 2.46. The van der Waals surface area contributed by atoms with Crippen molar-refractivity contribution in [1.82, 2.24) is 10.6 Å². The van der Waals surface area contributed by atoms with Crippen molar-refractivity contribution >= 4 is 35.0 Å². The molecule has 6 N–H and O–H groups in total. The van der Waals surface area contributed by atoms with Crippen molar-refractivity contribution in [1.29, 1.82) is 0 Å². The Labute approximate surface area is 279 Å². The van der Waals surface area contributed by atoms with Crippen LogP contribution in [-0.2, 0) is 30.4 Å². The van der Waals surface area contributed by atoms with E-state index in [1.54, 1.807) is 0 Å². The number of hydrogen-bond donors (Lipinski definition) is 6. The summed E-state index contributed by atoms with van der Waals surface area (Å²) in [5.74, 6) is 0.527. The topological polar surface area (TPSA) is 182 Å². The second-order valence-electron chi connectivity index (χ2n) is 12.8. The molecule has 0 aromatic heterocycles. The Hall–Kier alpha value is -3.63. The molecule has 0 radical (unpaired) electrons. The molecule has 47 heavy (non-hydrogen) atoms. The monoisotopic (exact) mass is 659 g/mol. The molecule has 262 valence electrons. The number of amides is 3. The third-order valence-corrected chi connectivity index (χ3v) is 8.17.